The van der Waals surface area contributed by atoms with Gasteiger partial charge in [0, 0.05) is 17.6 Å². The van der Waals surface area contributed by atoms with Gasteiger partial charge in [-0.1, -0.05) is 24.4 Å². The fourth-order valence-corrected chi connectivity index (χ4v) is 5.50. The van der Waals surface area contributed by atoms with E-state index < -0.39 is 10.0 Å². The number of hydrogen-bond donors (Lipinski definition) is 0. The quantitative estimate of drug-likeness (QED) is 0.835. The minimum absolute atomic E-state index is 0.207. The van der Waals surface area contributed by atoms with Gasteiger partial charge in [-0.3, -0.25) is 0 Å². The third kappa shape index (κ3) is 2.61. The fraction of sp³-hybridized carbons (Fsp3) is 0.600. The number of benzene rings is 1. The molecule has 110 valence electrons. The first-order valence-electron chi connectivity index (χ1n) is 7.36. The van der Waals surface area contributed by atoms with Gasteiger partial charge in [0.1, 0.15) is 0 Å². The van der Waals surface area contributed by atoms with Crippen LogP contribution in [0.15, 0.2) is 29.2 Å². The first-order valence-corrected chi connectivity index (χ1v) is 9.18. The molecule has 0 N–H and O–H groups in total. The maximum absolute atomic E-state index is 12.8. The van der Waals surface area contributed by atoms with Gasteiger partial charge in [0.25, 0.3) is 0 Å². The van der Waals surface area contributed by atoms with E-state index in [2.05, 4.69) is 0 Å². The van der Waals surface area contributed by atoms with Gasteiger partial charge in [-0.25, -0.2) is 8.42 Å². The highest BCUT2D eigenvalue weighted by Gasteiger charge is 2.39. The molecule has 0 bridgehead atoms. The molecular weight excluding hydrogens is 294 g/mol. The number of halogens is 1. The van der Waals surface area contributed by atoms with Crippen LogP contribution in [0.5, 0.6) is 0 Å². The van der Waals surface area contributed by atoms with Gasteiger partial charge >= 0.3 is 0 Å². The zero-order valence-corrected chi connectivity index (χ0v) is 13.0. The van der Waals surface area contributed by atoms with Crippen LogP contribution < -0.4 is 0 Å². The van der Waals surface area contributed by atoms with Crippen molar-refractivity contribution in [3.8, 4) is 0 Å². The molecule has 0 aromatic heterocycles. The summed E-state index contributed by atoms with van der Waals surface area (Å²) in [6, 6.07) is 6.74. The number of sulfonamides is 1. The Labute approximate surface area is 126 Å². The summed E-state index contributed by atoms with van der Waals surface area (Å²) in [6.45, 7) is 0.659. The Morgan fingerprint density at radius 1 is 1.00 bits per heavy atom. The third-order valence-electron chi connectivity index (χ3n) is 4.61. The molecule has 3 rings (SSSR count). The highest BCUT2D eigenvalue weighted by Crippen LogP contribution is 2.38. The van der Waals surface area contributed by atoms with Crippen LogP contribution in [0.3, 0.4) is 0 Å². The Hall–Kier alpha value is -0.580. The van der Waals surface area contributed by atoms with Crippen molar-refractivity contribution in [3.63, 3.8) is 0 Å². The molecule has 20 heavy (non-hydrogen) atoms. The van der Waals surface area contributed by atoms with Gasteiger partial charge in [0.05, 0.1) is 4.90 Å². The Balaban J connectivity index is 1.91. The summed E-state index contributed by atoms with van der Waals surface area (Å²) < 4.78 is 27.4. The number of rotatable bonds is 2. The second-order valence-electron chi connectivity index (χ2n) is 5.82. The molecule has 2 unspecified atom stereocenters. The summed E-state index contributed by atoms with van der Waals surface area (Å²) in [5, 5.41) is 0.568. The van der Waals surface area contributed by atoms with Crippen LogP contribution in [0.2, 0.25) is 5.02 Å². The van der Waals surface area contributed by atoms with E-state index in [4.69, 9.17) is 11.6 Å². The normalized spacial score (nSPS) is 28.1. The summed E-state index contributed by atoms with van der Waals surface area (Å²) in [7, 11) is -3.37. The second kappa shape index (κ2) is 5.66. The number of fused-ring (bicyclic) bond motifs is 1. The molecule has 5 heteroatoms. The molecule has 0 radical (unpaired) electrons. The predicted octanol–water partition coefficient (Wildman–Crippen LogP) is 3.68. The van der Waals surface area contributed by atoms with E-state index in [1.165, 1.54) is 19.3 Å². The first kappa shape index (κ1) is 14.4. The van der Waals surface area contributed by atoms with Gasteiger partial charge in [0.15, 0.2) is 0 Å². The molecule has 1 aromatic rings. The van der Waals surface area contributed by atoms with Crippen LogP contribution in [0.1, 0.15) is 38.5 Å². The average molecular weight is 314 g/mol. The lowest BCUT2D eigenvalue weighted by Gasteiger charge is -2.43. The van der Waals surface area contributed by atoms with E-state index in [1.807, 2.05) is 0 Å². The molecular formula is C15H20ClNO2S. The van der Waals surface area contributed by atoms with Crippen molar-refractivity contribution in [1.82, 2.24) is 4.31 Å². The van der Waals surface area contributed by atoms with E-state index in [-0.39, 0.29) is 6.04 Å². The maximum Gasteiger partial charge on any atom is 0.243 e. The summed E-state index contributed by atoms with van der Waals surface area (Å²) in [5.41, 5.74) is 0. The predicted molar refractivity (Wildman–Crippen MR) is 80.3 cm³/mol. The monoisotopic (exact) mass is 313 g/mol. The van der Waals surface area contributed by atoms with Crippen molar-refractivity contribution < 1.29 is 8.42 Å². The topological polar surface area (TPSA) is 37.4 Å². The molecule has 1 heterocycles. The summed E-state index contributed by atoms with van der Waals surface area (Å²) in [4.78, 5) is 0.369. The van der Waals surface area contributed by atoms with Crippen molar-refractivity contribution >= 4 is 21.6 Å². The van der Waals surface area contributed by atoms with E-state index in [0.29, 0.717) is 22.4 Å². The smallest absolute Gasteiger partial charge is 0.207 e. The van der Waals surface area contributed by atoms with Crippen LogP contribution >= 0.6 is 11.6 Å². The maximum atomic E-state index is 12.8. The third-order valence-corrected chi connectivity index (χ3v) is 6.80. The van der Waals surface area contributed by atoms with Crippen molar-refractivity contribution in [2.45, 2.75) is 49.5 Å². The minimum atomic E-state index is -3.37. The van der Waals surface area contributed by atoms with Crippen LogP contribution in [0.4, 0.5) is 0 Å². The van der Waals surface area contributed by atoms with Crippen molar-refractivity contribution in [2.24, 2.45) is 5.92 Å². The highest BCUT2D eigenvalue weighted by molar-refractivity contribution is 7.89. The molecule has 2 aliphatic rings. The van der Waals surface area contributed by atoms with Crippen molar-refractivity contribution in [3.05, 3.63) is 29.3 Å². The largest absolute Gasteiger partial charge is 0.243 e. The number of hydrogen-bond acceptors (Lipinski definition) is 2. The number of nitrogens with zero attached hydrogens (tertiary/aromatic N) is 1. The Bertz CT molecular complexity index is 568. The zero-order chi connectivity index (χ0) is 14.2. The van der Waals surface area contributed by atoms with E-state index in [9.17, 15) is 8.42 Å². The van der Waals surface area contributed by atoms with Crippen LogP contribution in [0, 0.1) is 5.92 Å². The minimum Gasteiger partial charge on any atom is -0.207 e. The molecule has 1 aromatic carbocycles. The molecule has 1 saturated heterocycles. The lowest BCUT2D eigenvalue weighted by molar-refractivity contribution is 0.129. The van der Waals surface area contributed by atoms with Gasteiger partial charge in [-0.15, -0.1) is 0 Å². The molecule has 2 atom stereocenters. The fourth-order valence-electron chi connectivity index (χ4n) is 3.62. The first-order chi connectivity index (χ1) is 9.59. The van der Waals surface area contributed by atoms with E-state index >= 15 is 0 Å². The molecule has 1 saturated carbocycles. The van der Waals surface area contributed by atoms with E-state index in [1.54, 1.807) is 28.6 Å². The van der Waals surface area contributed by atoms with Gasteiger partial charge in [-0.05, 0) is 55.9 Å². The summed E-state index contributed by atoms with van der Waals surface area (Å²) in [5.74, 6) is 0.555. The molecule has 3 nitrogen and oxygen atoms in total. The lowest BCUT2D eigenvalue weighted by atomic mass is 9.79. The molecule has 0 amide bonds. The Morgan fingerprint density at radius 2 is 1.65 bits per heavy atom. The van der Waals surface area contributed by atoms with E-state index in [0.717, 1.165) is 19.3 Å². The standard InChI is InChI=1S/C15H20ClNO2S/c16-13-7-9-14(10-8-13)20(18,19)17-11-3-5-12-4-1-2-6-15(12)17/h7-10,12,15H,1-6,11H2. The van der Waals surface area contributed by atoms with Crippen LogP contribution in [-0.4, -0.2) is 25.3 Å². The molecule has 1 aliphatic heterocycles. The summed E-state index contributed by atoms with van der Waals surface area (Å²) >= 11 is 5.85. The SMILES string of the molecule is O=S(=O)(c1ccc(Cl)cc1)N1CCCC2CCCCC21. The number of piperidine rings is 1. The zero-order valence-electron chi connectivity index (χ0n) is 11.5. The Morgan fingerprint density at radius 3 is 2.40 bits per heavy atom. The molecule has 2 fully saturated rings. The van der Waals surface area contributed by atoms with Gasteiger partial charge in [0.2, 0.25) is 10.0 Å². The van der Waals surface area contributed by atoms with Gasteiger partial charge in [-0.2, -0.15) is 4.31 Å². The van der Waals surface area contributed by atoms with Gasteiger partial charge < -0.3 is 0 Å². The van der Waals surface area contributed by atoms with Crippen LogP contribution in [-0.2, 0) is 10.0 Å². The molecule has 0 spiro atoms. The highest BCUT2D eigenvalue weighted by atomic mass is 35.5. The summed E-state index contributed by atoms with van der Waals surface area (Å²) in [6.07, 6.45) is 6.74. The Kier molecular flexibility index (Phi) is 4.07. The average Bonchev–Trinajstić information content (AvgIpc) is 2.47. The lowest BCUT2D eigenvalue weighted by Crippen LogP contribution is -2.49. The second-order valence-corrected chi connectivity index (χ2v) is 8.15. The molecule has 1 aliphatic carbocycles. The van der Waals surface area contributed by atoms with Crippen molar-refractivity contribution in [1.29, 1.82) is 0 Å². The van der Waals surface area contributed by atoms with Crippen molar-refractivity contribution in [2.75, 3.05) is 6.54 Å². The van der Waals surface area contributed by atoms with Crippen LogP contribution in [0.25, 0.3) is 0 Å².